The molecule has 1 saturated carbocycles. The Kier molecular flexibility index (Phi) is 3.40. The molecule has 0 spiro atoms. The molecule has 1 aliphatic carbocycles. The molecule has 1 aromatic heterocycles. The van der Waals surface area contributed by atoms with Crippen LogP contribution in [0, 0.1) is 5.92 Å². The van der Waals surface area contributed by atoms with Gasteiger partial charge in [-0.3, -0.25) is 4.79 Å². The summed E-state index contributed by atoms with van der Waals surface area (Å²) < 4.78 is 10.4. The highest BCUT2D eigenvalue weighted by Gasteiger charge is 2.45. The van der Waals surface area contributed by atoms with E-state index in [4.69, 9.17) is 20.8 Å². The first-order chi connectivity index (χ1) is 9.69. The molecule has 1 heterocycles. The van der Waals surface area contributed by atoms with E-state index in [1.54, 1.807) is 31.6 Å². The van der Waals surface area contributed by atoms with Crippen molar-refractivity contribution in [1.29, 1.82) is 0 Å². The molecule has 4 nitrogen and oxygen atoms in total. The molecule has 1 aliphatic rings. The van der Waals surface area contributed by atoms with E-state index in [1.165, 1.54) is 0 Å². The number of hydrogen-bond acceptors (Lipinski definition) is 3. The van der Waals surface area contributed by atoms with Gasteiger partial charge in [0.1, 0.15) is 11.5 Å². The smallest absolute Gasteiger partial charge is 0.228 e. The van der Waals surface area contributed by atoms with Crippen LogP contribution in [0.3, 0.4) is 0 Å². The van der Waals surface area contributed by atoms with E-state index in [-0.39, 0.29) is 17.7 Å². The second-order valence-electron chi connectivity index (χ2n) is 4.80. The molecule has 1 fully saturated rings. The number of carbonyl (C=O) groups excluding carboxylic acids is 1. The van der Waals surface area contributed by atoms with Crippen molar-refractivity contribution in [3.05, 3.63) is 47.4 Å². The van der Waals surface area contributed by atoms with E-state index < -0.39 is 0 Å². The Morgan fingerprint density at radius 3 is 2.95 bits per heavy atom. The average molecular weight is 292 g/mol. The Morgan fingerprint density at radius 1 is 1.45 bits per heavy atom. The van der Waals surface area contributed by atoms with Crippen molar-refractivity contribution in [2.75, 3.05) is 12.4 Å². The van der Waals surface area contributed by atoms with Crippen LogP contribution in [0.2, 0.25) is 5.02 Å². The zero-order chi connectivity index (χ0) is 14.1. The van der Waals surface area contributed by atoms with Crippen LogP contribution >= 0.6 is 11.6 Å². The van der Waals surface area contributed by atoms with Crippen molar-refractivity contribution in [1.82, 2.24) is 0 Å². The van der Waals surface area contributed by atoms with Crippen LogP contribution in [0.1, 0.15) is 18.1 Å². The molecular weight excluding hydrogens is 278 g/mol. The summed E-state index contributed by atoms with van der Waals surface area (Å²) in [5, 5.41) is 3.34. The number of ether oxygens (including phenoxy) is 1. The summed E-state index contributed by atoms with van der Waals surface area (Å²) in [6.45, 7) is 0. The summed E-state index contributed by atoms with van der Waals surface area (Å²) in [5.74, 6) is 1.62. The zero-order valence-electron chi connectivity index (χ0n) is 10.9. The lowest BCUT2D eigenvalue weighted by Crippen LogP contribution is -2.14. The van der Waals surface area contributed by atoms with Crippen LogP contribution in [-0.2, 0) is 4.79 Å². The topological polar surface area (TPSA) is 51.5 Å². The molecule has 104 valence electrons. The Hall–Kier alpha value is -1.94. The summed E-state index contributed by atoms with van der Waals surface area (Å²) in [6.07, 6.45) is 2.45. The molecule has 5 heteroatoms. The van der Waals surface area contributed by atoms with E-state index >= 15 is 0 Å². The minimum absolute atomic E-state index is 0.00682. The number of nitrogens with one attached hydrogen (secondary N) is 1. The molecule has 2 aromatic rings. The third-order valence-electron chi connectivity index (χ3n) is 3.46. The molecule has 1 amide bonds. The molecule has 2 unspecified atom stereocenters. The van der Waals surface area contributed by atoms with Gasteiger partial charge >= 0.3 is 0 Å². The number of methoxy groups -OCH3 is 1. The van der Waals surface area contributed by atoms with Gasteiger partial charge in [-0.2, -0.15) is 0 Å². The molecule has 1 N–H and O–H groups in total. The van der Waals surface area contributed by atoms with Crippen molar-refractivity contribution in [3.8, 4) is 5.75 Å². The fraction of sp³-hybridized carbons (Fsp3) is 0.267. The van der Waals surface area contributed by atoms with E-state index in [2.05, 4.69) is 5.32 Å². The highest BCUT2D eigenvalue weighted by molar-refractivity contribution is 6.32. The molecule has 0 aliphatic heterocycles. The average Bonchev–Trinajstić information content (AvgIpc) is 3.05. The predicted octanol–water partition coefficient (Wildman–Crippen LogP) is 3.68. The van der Waals surface area contributed by atoms with Gasteiger partial charge in [0.25, 0.3) is 0 Å². The van der Waals surface area contributed by atoms with Gasteiger partial charge in [0.05, 0.1) is 18.4 Å². The molecule has 1 aromatic carbocycles. The number of halogens is 1. The quantitative estimate of drug-likeness (QED) is 0.935. The largest absolute Gasteiger partial charge is 0.495 e. The highest BCUT2D eigenvalue weighted by atomic mass is 35.5. The van der Waals surface area contributed by atoms with E-state index in [1.807, 2.05) is 12.1 Å². The molecule has 2 atom stereocenters. The fourth-order valence-corrected chi connectivity index (χ4v) is 2.54. The van der Waals surface area contributed by atoms with E-state index in [0.717, 1.165) is 12.2 Å². The normalized spacial score (nSPS) is 20.5. The molecule has 3 rings (SSSR count). The van der Waals surface area contributed by atoms with E-state index in [0.29, 0.717) is 16.5 Å². The number of benzene rings is 1. The number of anilines is 1. The fourth-order valence-electron chi connectivity index (χ4n) is 2.28. The standard InChI is InChI=1S/C15H14ClNO3/c1-19-14-5-4-9(7-12(14)16)17-15(18)11-8-10(11)13-3-2-6-20-13/h2-7,10-11H,8H2,1H3,(H,17,18). The number of furan rings is 1. The van der Waals surface area contributed by atoms with Crippen LogP contribution in [0.4, 0.5) is 5.69 Å². The Balaban J connectivity index is 1.64. The molecular formula is C15H14ClNO3. The summed E-state index contributed by atoms with van der Waals surface area (Å²) in [5.41, 5.74) is 0.672. The Bertz CT molecular complexity index is 624. The van der Waals surface area contributed by atoms with Gasteiger partial charge in [-0.1, -0.05) is 11.6 Å². The summed E-state index contributed by atoms with van der Waals surface area (Å²) in [7, 11) is 1.55. The van der Waals surface area contributed by atoms with Crippen molar-refractivity contribution in [2.24, 2.45) is 5.92 Å². The monoisotopic (exact) mass is 291 g/mol. The molecule has 0 bridgehead atoms. The molecule has 20 heavy (non-hydrogen) atoms. The zero-order valence-corrected chi connectivity index (χ0v) is 11.7. The van der Waals surface area contributed by atoms with Crippen LogP contribution in [0.15, 0.2) is 41.0 Å². The maximum atomic E-state index is 12.1. The lowest BCUT2D eigenvalue weighted by atomic mass is 10.2. The minimum atomic E-state index is -0.0259. The summed E-state index contributed by atoms with van der Waals surface area (Å²) in [4.78, 5) is 12.1. The lowest BCUT2D eigenvalue weighted by Gasteiger charge is -2.07. The van der Waals surface area contributed by atoms with Gasteiger partial charge in [-0.05, 0) is 36.8 Å². The molecule has 0 radical (unpaired) electrons. The van der Waals surface area contributed by atoms with Crippen molar-refractivity contribution in [2.45, 2.75) is 12.3 Å². The van der Waals surface area contributed by atoms with Crippen LogP contribution in [0.25, 0.3) is 0 Å². The third kappa shape index (κ3) is 2.51. The first-order valence-corrected chi connectivity index (χ1v) is 6.74. The number of hydrogen-bond donors (Lipinski definition) is 1. The van der Waals surface area contributed by atoms with Gasteiger partial charge in [-0.15, -0.1) is 0 Å². The highest BCUT2D eigenvalue weighted by Crippen LogP contribution is 2.48. The number of carbonyl (C=O) groups is 1. The SMILES string of the molecule is COc1ccc(NC(=O)C2CC2c2ccco2)cc1Cl. The second-order valence-corrected chi connectivity index (χ2v) is 5.21. The number of rotatable bonds is 4. The van der Waals surface area contributed by atoms with Gasteiger partial charge in [0, 0.05) is 17.5 Å². The second kappa shape index (κ2) is 5.21. The van der Waals surface area contributed by atoms with Crippen molar-refractivity contribution >= 4 is 23.2 Å². The maximum Gasteiger partial charge on any atom is 0.228 e. The van der Waals surface area contributed by atoms with Crippen LogP contribution in [0.5, 0.6) is 5.75 Å². The van der Waals surface area contributed by atoms with Crippen LogP contribution < -0.4 is 10.1 Å². The first-order valence-electron chi connectivity index (χ1n) is 6.37. The van der Waals surface area contributed by atoms with Crippen molar-refractivity contribution < 1.29 is 13.9 Å². The lowest BCUT2D eigenvalue weighted by molar-refractivity contribution is -0.117. The van der Waals surface area contributed by atoms with Crippen molar-refractivity contribution in [3.63, 3.8) is 0 Å². The van der Waals surface area contributed by atoms with Gasteiger partial charge in [0.15, 0.2) is 0 Å². The molecule has 0 saturated heterocycles. The van der Waals surface area contributed by atoms with Gasteiger partial charge < -0.3 is 14.5 Å². The number of amides is 1. The summed E-state index contributed by atoms with van der Waals surface area (Å²) in [6, 6.07) is 8.93. The van der Waals surface area contributed by atoms with Gasteiger partial charge in [0.2, 0.25) is 5.91 Å². The first kappa shape index (κ1) is 13.1. The predicted molar refractivity (Wildman–Crippen MR) is 76.2 cm³/mol. The van der Waals surface area contributed by atoms with Gasteiger partial charge in [-0.25, -0.2) is 0 Å². The third-order valence-corrected chi connectivity index (χ3v) is 3.75. The van der Waals surface area contributed by atoms with E-state index in [9.17, 15) is 4.79 Å². The minimum Gasteiger partial charge on any atom is -0.495 e. The Morgan fingerprint density at radius 2 is 2.30 bits per heavy atom. The Labute approximate surface area is 121 Å². The summed E-state index contributed by atoms with van der Waals surface area (Å²) >= 11 is 6.03. The maximum absolute atomic E-state index is 12.1. The van der Waals surface area contributed by atoms with Crippen LogP contribution in [-0.4, -0.2) is 13.0 Å².